The summed E-state index contributed by atoms with van der Waals surface area (Å²) in [6.45, 7) is 12.3. The van der Waals surface area contributed by atoms with Crippen molar-refractivity contribution < 1.29 is 4.39 Å². The molecule has 0 radical (unpaired) electrons. The second-order valence-corrected chi connectivity index (χ2v) is 6.85. The number of benzene rings is 1. The van der Waals surface area contributed by atoms with Crippen LogP contribution in [0, 0.1) is 12.7 Å². The number of nitrogen functional groups attached to an aromatic ring is 1. The summed E-state index contributed by atoms with van der Waals surface area (Å²) in [5.74, 6) is 1.38. The highest BCUT2D eigenvalue weighted by atomic mass is 19.1. The minimum atomic E-state index is -0.211. The number of nitrogens with zero attached hydrogens (tertiary/aromatic N) is 2. The SMILES string of the molecule is Cc1cc(-c2nc(C(C)(C)C)n(C(C)C)c2N)ccc1F. The Morgan fingerprint density at radius 2 is 1.86 bits per heavy atom. The maximum atomic E-state index is 13.5. The van der Waals surface area contributed by atoms with Gasteiger partial charge in [0.15, 0.2) is 0 Å². The minimum Gasteiger partial charge on any atom is -0.383 e. The van der Waals surface area contributed by atoms with Crippen LogP contribution in [0.2, 0.25) is 0 Å². The lowest BCUT2D eigenvalue weighted by Crippen LogP contribution is -2.21. The molecule has 2 N–H and O–H groups in total. The first-order valence-electron chi connectivity index (χ1n) is 7.27. The fourth-order valence-corrected chi connectivity index (χ4v) is 2.50. The van der Waals surface area contributed by atoms with Gasteiger partial charge in [0.05, 0.1) is 0 Å². The van der Waals surface area contributed by atoms with Crippen LogP contribution in [0.4, 0.5) is 10.2 Å². The van der Waals surface area contributed by atoms with Crippen LogP contribution in [0.1, 0.15) is 52.0 Å². The molecule has 0 aliphatic rings. The molecular weight excluding hydrogens is 265 g/mol. The average Bonchev–Trinajstić information content (AvgIpc) is 2.70. The van der Waals surface area contributed by atoms with E-state index < -0.39 is 0 Å². The number of hydrogen-bond donors (Lipinski definition) is 1. The van der Waals surface area contributed by atoms with Gasteiger partial charge < -0.3 is 10.3 Å². The fraction of sp³-hybridized carbons (Fsp3) is 0.471. The van der Waals surface area contributed by atoms with Crippen LogP contribution in [0.5, 0.6) is 0 Å². The van der Waals surface area contributed by atoms with Crippen molar-refractivity contribution in [2.45, 2.75) is 53.0 Å². The molecule has 1 aromatic carbocycles. The highest BCUT2D eigenvalue weighted by Gasteiger charge is 2.26. The van der Waals surface area contributed by atoms with E-state index in [1.807, 2.05) is 0 Å². The van der Waals surface area contributed by atoms with Crippen LogP contribution in [-0.2, 0) is 5.41 Å². The summed E-state index contributed by atoms with van der Waals surface area (Å²) in [6.07, 6.45) is 0. The molecule has 0 aliphatic carbocycles. The van der Waals surface area contributed by atoms with E-state index in [0.29, 0.717) is 11.4 Å². The van der Waals surface area contributed by atoms with Crippen molar-refractivity contribution >= 4 is 5.82 Å². The van der Waals surface area contributed by atoms with E-state index in [9.17, 15) is 4.39 Å². The zero-order valence-corrected chi connectivity index (χ0v) is 13.7. The minimum absolute atomic E-state index is 0.105. The summed E-state index contributed by atoms with van der Waals surface area (Å²) in [7, 11) is 0. The predicted molar refractivity (Wildman–Crippen MR) is 85.9 cm³/mol. The molecule has 2 aromatic rings. The maximum Gasteiger partial charge on any atom is 0.131 e. The van der Waals surface area contributed by atoms with Gasteiger partial charge in [-0.3, -0.25) is 0 Å². The third-order valence-electron chi connectivity index (χ3n) is 3.57. The number of rotatable bonds is 2. The summed E-state index contributed by atoms with van der Waals surface area (Å²) in [6, 6.07) is 5.22. The number of aromatic nitrogens is 2. The van der Waals surface area contributed by atoms with Crippen LogP contribution in [0.3, 0.4) is 0 Å². The first-order chi connectivity index (χ1) is 9.62. The van der Waals surface area contributed by atoms with E-state index in [2.05, 4.69) is 39.2 Å². The normalized spacial score (nSPS) is 12.2. The Morgan fingerprint density at radius 3 is 2.29 bits per heavy atom. The fourth-order valence-electron chi connectivity index (χ4n) is 2.50. The molecule has 1 heterocycles. The molecule has 0 fully saturated rings. The van der Waals surface area contributed by atoms with Gasteiger partial charge in [0.2, 0.25) is 0 Å². The Labute approximate surface area is 126 Å². The van der Waals surface area contributed by atoms with Gasteiger partial charge in [0.1, 0.15) is 23.2 Å². The molecule has 4 heteroatoms. The summed E-state index contributed by atoms with van der Waals surface area (Å²) >= 11 is 0. The van der Waals surface area contributed by atoms with E-state index in [1.54, 1.807) is 19.1 Å². The van der Waals surface area contributed by atoms with E-state index in [4.69, 9.17) is 10.7 Å². The number of hydrogen-bond acceptors (Lipinski definition) is 2. The predicted octanol–water partition coefficient (Wildman–Crippen LogP) is 4.46. The number of anilines is 1. The quantitative estimate of drug-likeness (QED) is 0.887. The van der Waals surface area contributed by atoms with Crippen LogP contribution >= 0.6 is 0 Å². The second-order valence-electron chi connectivity index (χ2n) is 6.85. The third-order valence-corrected chi connectivity index (χ3v) is 3.57. The van der Waals surface area contributed by atoms with Gasteiger partial charge in [-0.2, -0.15) is 0 Å². The lowest BCUT2D eigenvalue weighted by atomic mass is 9.95. The zero-order chi connectivity index (χ0) is 15.9. The van der Waals surface area contributed by atoms with E-state index in [-0.39, 0.29) is 17.3 Å². The Kier molecular flexibility index (Phi) is 3.83. The van der Waals surface area contributed by atoms with Crippen molar-refractivity contribution in [2.75, 3.05) is 5.73 Å². The van der Waals surface area contributed by atoms with Gasteiger partial charge in [-0.05, 0) is 44.5 Å². The second kappa shape index (κ2) is 5.17. The summed E-state index contributed by atoms with van der Waals surface area (Å²) in [5, 5.41) is 0. The Balaban J connectivity index is 2.68. The third kappa shape index (κ3) is 2.80. The van der Waals surface area contributed by atoms with Crippen molar-refractivity contribution in [2.24, 2.45) is 0 Å². The smallest absolute Gasteiger partial charge is 0.131 e. The van der Waals surface area contributed by atoms with Crippen molar-refractivity contribution in [1.29, 1.82) is 0 Å². The van der Waals surface area contributed by atoms with Crippen molar-refractivity contribution in [3.63, 3.8) is 0 Å². The lowest BCUT2D eigenvalue weighted by molar-refractivity contribution is 0.473. The molecule has 3 nitrogen and oxygen atoms in total. The first kappa shape index (κ1) is 15.5. The molecule has 21 heavy (non-hydrogen) atoms. The van der Waals surface area contributed by atoms with Gasteiger partial charge in [0, 0.05) is 17.0 Å². The van der Waals surface area contributed by atoms with Crippen molar-refractivity contribution in [1.82, 2.24) is 9.55 Å². The highest BCUT2D eigenvalue weighted by molar-refractivity contribution is 5.72. The van der Waals surface area contributed by atoms with Crippen LogP contribution in [0.15, 0.2) is 18.2 Å². The Bertz CT molecular complexity index is 663. The molecule has 0 saturated heterocycles. The Morgan fingerprint density at radius 1 is 1.24 bits per heavy atom. The molecule has 114 valence electrons. The monoisotopic (exact) mass is 289 g/mol. The largest absolute Gasteiger partial charge is 0.383 e. The van der Waals surface area contributed by atoms with E-state index in [0.717, 1.165) is 17.1 Å². The molecule has 0 atom stereocenters. The molecule has 2 rings (SSSR count). The average molecular weight is 289 g/mol. The van der Waals surface area contributed by atoms with E-state index >= 15 is 0 Å². The molecular formula is C17H24FN3. The maximum absolute atomic E-state index is 13.5. The van der Waals surface area contributed by atoms with Gasteiger partial charge in [-0.25, -0.2) is 9.37 Å². The molecule has 0 saturated carbocycles. The molecule has 0 amide bonds. The van der Waals surface area contributed by atoms with Gasteiger partial charge >= 0.3 is 0 Å². The van der Waals surface area contributed by atoms with Gasteiger partial charge in [-0.15, -0.1) is 0 Å². The van der Waals surface area contributed by atoms with Gasteiger partial charge in [-0.1, -0.05) is 20.8 Å². The number of imidazole rings is 1. The molecule has 0 spiro atoms. The standard InChI is InChI=1S/C17H24FN3/c1-10(2)21-15(19)14(20-16(21)17(4,5)6)12-7-8-13(18)11(3)9-12/h7-10H,19H2,1-6H3. The molecule has 1 aromatic heterocycles. The summed E-state index contributed by atoms with van der Waals surface area (Å²) in [4.78, 5) is 4.76. The number of aryl methyl sites for hydroxylation is 1. The number of halogens is 1. The van der Waals surface area contributed by atoms with Crippen LogP contribution in [0.25, 0.3) is 11.3 Å². The van der Waals surface area contributed by atoms with Crippen molar-refractivity contribution in [3.8, 4) is 11.3 Å². The lowest BCUT2D eigenvalue weighted by Gasteiger charge is -2.22. The first-order valence-corrected chi connectivity index (χ1v) is 7.27. The summed E-state index contributed by atoms with van der Waals surface area (Å²) in [5.41, 5.74) is 8.41. The zero-order valence-electron chi connectivity index (χ0n) is 13.7. The van der Waals surface area contributed by atoms with E-state index in [1.165, 1.54) is 6.07 Å². The molecule has 0 aliphatic heterocycles. The summed E-state index contributed by atoms with van der Waals surface area (Å²) < 4.78 is 15.5. The Hall–Kier alpha value is -1.84. The topological polar surface area (TPSA) is 43.8 Å². The van der Waals surface area contributed by atoms with Crippen molar-refractivity contribution in [3.05, 3.63) is 35.4 Å². The number of nitrogens with two attached hydrogens (primary N) is 1. The molecule has 0 bridgehead atoms. The van der Waals surface area contributed by atoms with Crippen LogP contribution in [-0.4, -0.2) is 9.55 Å². The molecule has 0 unspecified atom stereocenters. The van der Waals surface area contributed by atoms with Gasteiger partial charge in [0.25, 0.3) is 0 Å². The van der Waals surface area contributed by atoms with Crippen LogP contribution < -0.4 is 5.73 Å². The highest BCUT2D eigenvalue weighted by Crippen LogP contribution is 2.34.